The molecule has 2 fully saturated rings. The molecule has 2 aliphatic heterocycles. The van der Waals surface area contributed by atoms with Gasteiger partial charge in [0.1, 0.15) is 0 Å². The number of carbonyl (C=O) groups is 2. The highest BCUT2D eigenvalue weighted by atomic mass is 32.2. The first-order valence-corrected chi connectivity index (χ1v) is 12.7. The van der Waals surface area contributed by atoms with Crippen molar-refractivity contribution < 1.29 is 18.0 Å². The van der Waals surface area contributed by atoms with Crippen molar-refractivity contribution in [3.63, 3.8) is 0 Å². The van der Waals surface area contributed by atoms with Gasteiger partial charge in [-0.2, -0.15) is 4.31 Å². The second-order valence-corrected chi connectivity index (χ2v) is 10.6. The number of amides is 2. The van der Waals surface area contributed by atoms with Gasteiger partial charge in [0, 0.05) is 50.5 Å². The van der Waals surface area contributed by atoms with Crippen molar-refractivity contribution in [3.8, 4) is 0 Å². The largest absolute Gasteiger partial charge is 0.336 e. The summed E-state index contributed by atoms with van der Waals surface area (Å²) in [6.07, 6.45) is 1.26. The molecule has 2 aliphatic rings. The third-order valence-corrected chi connectivity index (χ3v) is 8.21. The van der Waals surface area contributed by atoms with E-state index in [0.717, 1.165) is 13.1 Å². The van der Waals surface area contributed by atoms with Crippen molar-refractivity contribution in [2.75, 3.05) is 51.6 Å². The zero-order chi connectivity index (χ0) is 23.4. The van der Waals surface area contributed by atoms with Gasteiger partial charge in [-0.1, -0.05) is 18.2 Å². The van der Waals surface area contributed by atoms with Crippen molar-refractivity contribution in [2.24, 2.45) is 5.92 Å². The molecular weight excluding hydrogens is 440 g/mol. The maximum absolute atomic E-state index is 12.9. The minimum absolute atomic E-state index is 0.00461. The molecule has 4 rings (SSSR count). The zero-order valence-electron chi connectivity index (χ0n) is 18.8. The Hall–Kier alpha value is -2.75. The molecule has 0 radical (unpaired) electrons. The van der Waals surface area contributed by atoms with Crippen LogP contribution in [0.25, 0.3) is 0 Å². The Morgan fingerprint density at radius 3 is 2.24 bits per heavy atom. The first-order valence-electron chi connectivity index (χ1n) is 11.3. The predicted molar refractivity (Wildman–Crippen MR) is 126 cm³/mol. The number of likely N-dealkylation sites (N-methyl/N-ethyl adjacent to an activating group) is 1. The van der Waals surface area contributed by atoms with Crippen LogP contribution in [0, 0.1) is 5.92 Å². The van der Waals surface area contributed by atoms with Gasteiger partial charge in [0.05, 0.1) is 10.8 Å². The molecule has 33 heavy (non-hydrogen) atoms. The first kappa shape index (κ1) is 23.4. The summed E-state index contributed by atoms with van der Waals surface area (Å²) in [5.74, 6) is -0.639. The molecule has 0 saturated carbocycles. The van der Waals surface area contributed by atoms with E-state index in [4.69, 9.17) is 0 Å². The summed E-state index contributed by atoms with van der Waals surface area (Å²) >= 11 is 0. The van der Waals surface area contributed by atoms with E-state index in [0.29, 0.717) is 43.7 Å². The summed E-state index contributed by atoms with van der Waals surface area (Å²) in [6.45, 7) is 3.69. The number of hydrogen-bond acceptors (Lipinski definition) is 5. The Labute approximate surface area is 195 Å². The monoisotopic (exact) mass is 470 g/mol. The Balaban J connectivity index is 1.36. The molecule has 0 bridgehead atoms. The number of piperazine rings is 1. The number of piperidine rings is 1. The highest BCUT2D eigenvalue weighted by molar-refractivity contribution is 7.89. The second-order valence-electron chi connectivity index (χ2n) is 8.68. The summed E-state index contributed by atoms with van der Waals surface area (Å²) in [5.41, 5.74) is 1.19. The van der Waals surface area contributed by atoms with Crippen LogP contribution in [0.15, 0.2) is 59.5 Å². The van der Waals surface area contributed by atoms with Crippen LogP contribution < -0.4 is 5.32 Å². The molecule has 1 unspecified atom stereocenters. The molecule has 2 heterocycles. The predicted octanol–water partition coefficient (Wildman–Crippen LogP) is 2.11. The molecule has 9 heteroatoms. The van der Waals surface area contributed by atoms with Crippen LogP contribution in [0.1, 0.15) is 23.2 Å². The molecule has 0 aliphatic carbocycles. The van der Waals surface area contributed by atoms with E-state index in [1.807, 2.05) is 11.9 Å². The van der Waals surface area contributed by atoms with Crippen molar-refractivity contribution >= 4 is 27.5 Å². The lowest BCUT2D eigenvalue weighted by atomic mass is 9.98. The number of hydrogen-bond donors (Lipinski definition) is 1. The molecule has 8 nitrogen and oxygen atoms in total. The molecule has 2 saturated heterocycles. The summed E-state index contributed by atoms with van der Waals surface area (Å²) in [7, 11) is -1.58. The van der Waals surface area contributed by atoms with Gasteiger partial charge in [0.25, 0.3) is 5.91 Å². The average Bonchev–Trinajstić information content (AvgIpc) is 2.85. The molecule has 176 valence electrons. The molecule has 2 aromatic carbocycles. The van der Waals surface area contributed by atoms with Crippen LogP contribution in [-0.2, 0) is 14.8 Å². The van der Waals surface area contributed by atoms with Gasteiger partial charge in [-0.3, -0.25) is 9.59 Å². The maximum atomic E-state index is 12.9. The van der Waals surface area contributed by atoms with Gasteiger partial charge >= 0.3 is 0 Å². The van der Waals surface area contributed by atoms with Crippen LogP contribution in [0.4, 0.5) is 5.69 Å². The summed E-state index contributed by atoms with van der Waals surface area (Å²) in [5, 5.41) is 2.88. The summed E-state index contributed by atoms with van der Waals surface area (Å²) < 4.78 is 27.2. The van der Waals surface area contributed by atoms with Crippen molar-refractivity contribution in [2.45, 2.75) is 17.7 Å². The fraction of sp³-hybridized carbons (Fsp3) is 0.417. The third kappa shape index (κ3) is 5.43. The van der Waals surface area contributed by atoms with Gasteiger partial charge in [-0.05, 0) is 56.3 Å². The number of nitrogens with one attached hydrogen (secondary N) is 1. The SMILES string of the molecule is CN1CCN(C(=O)c2ccc(NC(=O)C3CCCN(S(=O)(=O)c4ccccc4)C3)cc2)CC1. The first-order chi connectivity index (χ1) is 15.8. The summed E-state index contributed by atoms with van der Waals surface area (Å²) in [4.78, 5) is 29.8. The van der Waals surface area contributed by atoms with E-state index in [2.05, 4.69) is 10.2 Å². The van der Waals surface area contributed by atoms with Crippen LogP contribution in [0.5, 0.6) is 0 Å². The normalized spacial score (nSPS) is 20.4. The van der Waals surface area contributed by atoms with Crippen LogP contribution >= 0.6 is 0 Å². The zero-order valence-corrected chi connectivity index (χ0v) is 19.6. The van der Waals surface area contributed by atoms with Gasteiger partial charge in [-0.25, -0.2) is 8.42 Å². The minimum atomic E-state index is -3.62. The average molecular weight is 471 g/mol. The Morgan fingerprint density at radius 1 is 0.909 bits per heavy atom. The van der Waals surface area contributed by atoms with Gasteiger partial charge in [0.15, 0.2) is 0 Å². The lowest BCUT2D eigenvalue weighted by Gasteiger charge is -2.32. The topological polar surface area (TPSA) is 90.0 Å². The second kappa shape index (κ2) is 10.0. The highest BCUT2D eigenvalue weighted by Gasteiger charge is 2.33. The van der Waals surface area contributed by atoms with Crippen molar-refractivity contribution in [1.29, 1.82) is 0 Å². The van der Waals surface area contributed by atoms with E-state index in [1.165, 1.54) is 4.31 Å². The quantitative estimate of drug-likeness (QED) is 0.723. The van der Waals surface area contributed by atoms with Gasteiger partial charge in [0.2, 0.25) is 15.9 Å². The number of carbonyl (C=O) groups excluding carboxylic acids is 2. The van der Waals surface area contributed by atoms with E-state index in [9.17, 15) is 18.0 Å². The number of rotatable bonds is 5. The summed E-state index contributed by atoms with van der Waals surface area (Å²) in [6, 6.07) is 15.2. The molecule has 0 spiro atoms. The smallest absolute Gasteiger partial charge is 0.253 e. The Bertz CT molecular complexity index is 1080. The molecular formula is C24H30N4O4S. The van der Waals surface area contributed by atoms with E-state index in [1.54, 1.807) is 54.6 Å². The fourth-order valence-electron chi connectivity index (χ4n) is 4.25. The van der Waals surface area contributed by atoms with Gasteiger partial charge in [-0.15, -0.1) is 0 Å². The number of anilines is 1. The Morgan fingerprint density at radius 2 is 1.58 bits per heavy atom. The van der Waals surface area contributed by atoms with Crippen LogP contribution in [0.2, 0.25) is 0 Å². The maximum Gasteiger partial charge on any atom is 0.253 e. The van der Waals surface area contributed by atoms with Crippen LogP contribution in [0.3, 0.4) is 0 Å². The van der Waals surface area contributed by atoms with Gasteiger partial charge < -0.3 is 15.1 Å². The van der Waals surface area contributed by atoms with Crippen LogP contribution in [-0.4, -0.2) is 80.7 Å². The molecule has 2 amide bonds. The number of sulfonamides is 1. The van der Waals surface area contributed by atoms with Crippen molar-refractivity contribution in [1.82, 2.24) is 14.1 Å². The lowest BCUT2D eigenvalue weighted by Crippen LogP contribution is -2.47. The van der Waals surface area contributed by atoms with E-state index in [-0.39, 0.29) is 23.3 Å². The fourth-order valence-corrected chi connectivity index (χ4v) is 5.79. The standard InChI is InChI=1S/C24H30N4O4S/c1-26-14-16-27(17-15-26)24(30)19-9-11-21(12-10-19)25-23(29)20-6-5-13-28(18-20)33(31,32)22-7-3-2-4-8-22/h2-4,7-12,20H,5-6,13-18H2,1H3,(H,25,29). The molecule has 2 aromatic rings. The number of benzene rings is 2. The van der Waals surface area contributed by atoms with E-state index >= 15 is 0 Å². The Kier molecular flexibility index (Phi) is 7.11. The molecule has 1 N–H and O–H groups in total. The third-order valence-electron chi connectivity index (χ3n) is 6.33. The highest BCUT2D eigenvalue weighted by Crippen LogP contribution is 2.25. The van der Waals surface area contributed by atoms with E-state index < -0.39 is 15.9 Å². The van der Waals surface area contributed by atoms with Crippen molar-refractivity contribution in [3.05, 3.63) is 60.2 Å². The minimum Gasteiger partial charge on any atom is -0.336 e. The number of nitrogens with zero attached hydrogens (tertiary/aromatic N) is 3. The molecule has 0 aromatic heterocycles. The molecule has 1 atom stereocenters. The lowest BCUT2D eigenvalue weighted by molar-refractivity contribution is -0.120.